The fraction of sp³-hybridized carbons (Fsp3) is 0.644. The first kappa shape index (κ1) is 78.9. The van der Waals surface area contributed by atoms with Crippen LogP contribution in [0.4, 0.5) is 0 Å². The maximum Gasteiger partial charge on any atom is 0.472 e. The average Bonchev–Trinajstić information content (AvgIpc) is 3.48. The van der Waals surface area contributed by atoms with Crippen molar-refractivity contribution in [2.45, 2.75) is 277 Å². The predicted octanol–water partition coefficient (Wildman–Crippen LogP) is 21.9. The Morgan fingerprint density at radius 3 is 0.988 bits per heavy atom. The lowest BCUT2D eigenvalue weighted by Crippen LogP contribution is -2.29. The molecule has 0 amide bonds. The standard InChI is InChI=1S/C73H122NO8P/c1-3-5-7-9-11-13-15-17-19-21-23-25-27-29-31-32-33-34-35-36-37-38-40-42-44-46-48-50-52-54-56-58-60-62-64-66-73(76)82-71(70-81-83(77,78)80-68-67-74)69-79-72(75)65-63-61-59-57-55-53-51-49-47-45-43-41-39-30-28-26-24-22-20-18-16-14-12-10-8-6-4-2/h5,7,11,13,16-19,22-25,28-31,33-34,36-37,40,42,46,48,71H,3-4,6,8-10,12,14-15,20-21,26-27,32,35,38-39,41,43-45,47,49-70,74H2,1-2H3,(H,77,78)/b7-5-,13-11-,18-16-,19-17-,24-22-,25-23-,30-28-,31-29-,34-33-,37-36-,42-40-,48-46-. The molecule has 0 aromatic carbocycles. The highest BCUT2D eigenvalue weighted by atomic mass is 31.2. The molecular formula is C73H122NO8P. The Kier molecular flexibility index (Phi) is 63.7. The van der Waals surface area contributed by atoms with Gasteiger partial charge < -0.3 is 20.1 Å². The van der Waals surface area contributed by atoms with Gasteiger partial charge in [0.25, 0.3) is 0 Å². The SMILES string of the molecule is CC/C=C\C/C=C\C/C=C\C/C=C\C/C=C\C/C=C\C/C=C\C/C=C\C/C=C\CCCCCCCCCC(=O)OC(COC(=O)CCCCCCCCCCCCCC/C=C\C/C=C\C/C=C\CCCCCCC)COP(=O)(O)OCCN. The zero-order valence-electron chi connectivity index (χ0n) is 52.9. The number of nitrogens with two attached hydrogens (primary N) is 1. The average molecular weight is 1170 g/mol. The Labute approximate surface area is 509 Å². The van der Waals surface area contributed by atoms with Crippen LogP contribution in [-0.2, 0) is 32.7 Å². The van der Waals surface area contributed by atoms with Crippen molar-refractivity contribution in [1.82, 2.24) is 0 Å². The molecular weight excluding hydrogens is 1050 g/mol. The van der Waals surface area contributed by atoms with Gasteiger partial charge in [-0.15, -0.1) is 0 Å². The quantitative estimate of drug-likeness (QED) is 0.0264. The molecule has 0 heterocycles. The van der Waals surface area contributed by atoms with Crippen molar-refractivity contribution < 1.29 is 37.6 Å². The van der Waals surface area contributed by atoms with E-state index in [0.29, 0.717) is 6.42 Å². The summed E-state index contributed by atoms with van der Waals surface area (Å²) < 4.78 is 33.1. The number of phosphoric ester groups is 1. The van der Waals surface area contributed by atoms with E-state index in [2.05, 4.69) is 160 Å². The largest absolute Gasteiger partial charge is 0.472 e. The Hall–Kier alpha value is -4.11. The van der Waals surface area contributed by atoms with Gasteiger partial charge in [-0.05, 0) is 122 Å². The van der Waals surface area contributed by atoms with Gasteiger partial charge in [0.05, 0.1) is 13.2 Å². The van der Waals surface area contributed by atoms with E-state index >= 15 is 0 Å². The molecule has 0 spiro atoms. The molecule has 0 fully saturated rings. The van der Waals surface area contributed by atoms with Crippen LogP contribution in [0.25, 0.3) is 0 Å². The molecule has 0 saturated carbocycles. The Morgan fingerprint density at radius 1 is 0.373 bits per heavy atom. The Morgan fingerprint density at radius 2 is 0.663 bits per heavy atom. The maximum atomic E-state index is 12.8. The van der Waals surface area contributed by atoms with E-state index in [-0.39, 0.29) is 38.6 Å². The van der Waals surface area contributed by atoms with Gasteiger partial charge in [-0.3, -0.25) is 18.6 Å². The molecule has 0 aliphatic rings. The Balaban J connectivity index is 4.01. The number of ether oxygens (including phenoxy) is 2. The minimum absolute atomic E-state index is 0.0440. The molecule has 0 aromatic rings. The molecule has 0 aliphatic heterocycles. The normalized spacial score (nSPS) is 13.9. The van der Waals surface area contributed by atoms with Crippen LogP contribution in [0.15, 0.2) is 146 Å². The van der Waals surface area contributed by atoms with Crippen molar-refractivity contribution in [3.05, 3.63) is 146 Å². The summed E-state index contributed by atoms with van der Waals surface area (Å²) in [5.74, 6) is -0.847. The van der Waals surface area contributed by atoms with E-state index in [1.807, 2.05) is 0 Å². The summed E-state index contributed by atoms with van der Waals surface area (Å²) >= 11 is 0. The van der Waals surface area contributed by atoms with Crippen LogP contribution in [0.3, 0.4) is 0 Å². The summed E-state index contributed by atoms with van der Waals surface area (Å²) in [6.07, 6.45) is 96.3. The van der Waals surface area contributed by atoms with Gasteiger partial charge in [0, 0.05) is 19.4 Å². The highest BCUT2D eigenvalue weighted by molar-refractivity contribution is 7.47. The van der Waals surface area contributed by atoms with Crippen LogP contribution in [0.1, 0.15) is 271 Å². The van der Waals surface area contributed by atoms with Crippen molar-refractivity contribution in [2.24, 2.45) is 5.73 Å². The van der Waals surface area contributed by atoms with E-state index in [0.717, 1.165) is 122 Å². The van der Waals surface area contributed by atoms with Gasteiger partial charge in [0.2, 0.25) is 0 Å². The first-order valence-electron chi connectivity index (χ1n) is 33.3. The summed E-state index contributed by atoms with van der Waals surface area (Å²) in [4.78, 5) is 35.3. The number of carbonyl (C=O) groups excluding carboxylic acids is 2. The molecule has 472 valence electrons. The number of phosphoric acid groups is 1. The Bertz CT molecular complexity index is 1870. The van der Waals surface area contributed by atoms with Gasteiger partial charge in [0.1, 0.15) is 6.61 Å². The second kappa shape index (κ2) is 67.0. The third kappa shape index (κ3) is 66.9. The molecule has 2 atom stereocenters. The third-order valence-electron chi connectivity index (χ3n) is 13.7. The smallest absolute Gasteiger partial charge is 0.462 e. The number of hydrogen-bond donors (Lipinski definition) is 2. The summed E-state index contributed by atoms with van der Waals surface area (Å²) in [6.45, 7) is 3.60. The first-order chi connectivity index (χ1) is 40.8. The molecule has 0 aliphatic carbocycles. The summed E-state index contributed by atoms with van der Waals surface area (Å²) in [6, 6.07) is 0. The minimum atomic E-state index is -4.41. The molecule has 10 heteroatoms. The number of rotatable bonds is 61. The third-order valence-corrected chi connectivity index (χ3v) is 14.7. The molecule has 0 rings (SSSR count). The van der Waals surface area contributed by atoms with Gasteiger partial charge >= 0.3 is 19.8 Å². The predicted molar refractivity (Wildman–Crippen MR) is 357 cm³/mol. The number of unbranched alkanes of at least 4 members (excludes halogenated alkanes) is 24. The van der Waals surface area contributed by atoms with Crippen molar-refractivity contribution in [1.29, 1.82) is 0 Å². The van der Waals surface area contributed by atoms with Crippen molar-refractivity contribution in [2.75, 3.05) is 26.4 Å². The monoisotopic (exact) mass is 1170 g/mol. The fourth-order valence-electron chi connectivity index (χ4n) is 8.81. The number of esters is 2. The lowest BCUT2D eigenvalue weighted by atomic mass is 10.0. The van der Waals surface area contributed by atoms with Crippen LogP contribution < -0.4 is 5.73 Å². The molecule has 2 unspecified atom stereocenters. The first-order valence-corrected chi connectivity index (χ1v) is 34.8. The molecule has 83 heavy (non-hydrogen) atoms. The number of hydrogen-bond acceptors (Lipinski definition) is 8. The maximum absolute atomic E-state index is 12.8. The lowest BCUT2D eigenvalue weighted by molar-refractivity contribution is -0.161. The van der Waals surface area contributed by atoms with E-state index in [1.54, 1.807) is 0 Å². The zero-order valence-corrected chi connectivity index (χ0v) is 53.8. The second-order valence-corrected chi connectivity index (χ2v) is 23.1. The lowest BCUT2D eigenvalue weighted by Gasteiger charge is -2.19. The molecule has 3 N–H and O–H groups in total. The van der Waals surface area contributed by atoms with Crippen LogP contribution in [0, 0.1) is 0 Å². The van der Waals surface area contributed by atoms with Crippen LogP contribution in [0.2, 0.25) is 0 Å². The van der Waals surface area contributed by atoms with Gasteiger partial charge in [-0.25, -0.2) is 4.57 Å². The molecule has 9 nitrogen and oxygen atoms in total. The minimum Gasteiger partial charge on any atom is -0.462 e. The van der Waals surface area contributed by atoms with E-state index in [1.165, 1.54) is 116 Å². The summed E-state index contributed by atoms with van der Waals surface area (Å²) in [7, 11) is -4.41. The van der Waals surface area contributed by atoms with E-state index in [4.69, 9.17) is 24.3 Å². The fourth-order valence-corrected chi connectivity index (χ4v) is 9.58. The van der Waals surface area contributed by atoms with Crippen molar-refractivity contribution >= 4 is 19.8 Å². The summed E-state index contributed by atoms with van der Waals surface area (Å²) in [5, 5.41) is 0. The summed E-state index contributed by atoms with van der Waals surface area (Å²) in [5.41, 5.74) is 5.39. The number of carbonyl (C=O) groups is 2. The highest BCUT2D eigenvalue weighted by Gasteiger charge is 2.26. The van der Waals surface area contributed by atoms with Crippen LogP contribution in [-0.4, -0.2) is 49.3 Å². The van der Waals surface area contributed by atoms with Crippen molar-refractivity contribution in [3.8, 4) is 0 Å². The molecule has 0 aromatic heterocycles. The number of allylic oxidation sites excluding steroid dienone is 24. The molecule has 0 saturated heterocycles. The van der Waals surface area contributed by atoms with E-state index in [9.17, 15) is 19.0 Å². The molecule has 0 bridgehead atoms. The van der Waals surface area contributed by atoms with Gasteiger partial charge in [-0.1, -0.05) is 282 Å². The van der Waals surface area contributed by atoms with Crippen LogP contribution >= 0.6 is 7.82 Å². The van der Waals surface area contributed by atoms with E-state index < -0.39 is 26.5 Å². The highest BCUT2D eigenvalue weighted by Crippen LogP contribution is 2.43. The van der Waals surface area contributed by atoms with Gasteiger partial charge in [-0.2, -0.15) is 0 Å². The van der Waals surface area contributed by atoms with Crippen LogP contribution in [0.5, 0.6) is 0 Å². The molecule has 0 radical (unpaired) electrons. The second-order valence-electron chi connectivity index (χ2n) is 21.6. The zero-order chi connectivity index (χ0) is 60.1. The topological polar surface area (TPSA) is 134 Å². The van der Waals surface area contributed by atoms with Gasteiger partial charge in [0.15, 0.2) is 6.10 Å². The van der Waals surface area contributed by atoms with Crippen molar-refractivity contribution in [3.63, 3.8) is 0 Å².